The van der Waals surface area contributed by atoms with Crippen molar-refractivity contribution >= 4 is 5.97 Å². The zero-order chi connectivity index (χ0) is 20.5. The molecule has 0 radical (unpaired) electrons. The first-order valence-electron chi connectivity index (χ1n) is 9.73. The largest absolute Gasteiger partial charge is 0.497 e. The van der Waals surface area contributed by atoms with Gasteiger partial charge in [-0.3, -0.25) is 4.79 Å². The Morgan fingerprint density at radius 2 is 1.29 bits per heavy atom. The van der Waals surface area contributed by atoms with Crippen molar-refractivity contribution in [2.45, 2.75) is 32.8 Å². The number of carbonyl (C=O) groups excluding carboxylic acids is 1. The van der Waals surface area contributed by atoms with Crippen LogP contribution in [0.1, 0.15) is 37.8 Å². The Balaban J connectivity index is 2.26. The maximum absolute atomic E-state index is 13.1. The SMILES string of the molecule is CCN(CC)CC(C)OC(=O)C(c1ccc(OC)cc1)c1ccc(OC)cc1. The van der Waals surface area contributed by atoms with Crippen LogP contribution in [0.2, 0.25) is 0 Å². The van der Waals surface area contributed by atoms with Crippen molar-refractivity contribution in [3.8, 4) is 11.5 Å². The van der Waals surface area contributed by atoms with Gasteiger partial charge in [-0.05, 0) is 55.4 Å². The van der Waals surface area contributed by atoms with Crippen molar-refractivity contribution < 1.29 is 19.0 Å². The molecule has 0 N–H and O–H groups in total. The minimum absolute atomic E-state index is 0.189. The van der Waals surface area contributed by atoms with Gasteiger partial charge in [0, 0.05) is 6.54 Å². The van der Waals surface area contributed by atoms with E-state index in [1.54, 1.807) is 14.2 Å². The van der Waals surface area contributed by atoms with Gasteiger partial charge in [0.25, 0.3) is 0 Å². The van der Waals surface area contributed by atoms with E-state index < -0.39 is 5.92 Å². The van der Waals surface area contributed by atoms with E-state index in [0.29, 0.717) is 0 Å². The van der Waals surface area contributed by atoms with Crippen LogP contribution in [0.15, 0.2) is 48.5 Å². The van der Waals surface area contributed by atoms with Crippen molar-refractivity contribution in [3.63, 3.8) is 0 Å². The van der Waals surface area contributed by atoms with Gasteiger partial charge in [0.15, 0.2) is 0 Å². The summed E-state index contributed by atoms with van der Waals surface area (Å²) < 4.78 is 16.3. The third kappa shape index (κ3) is 5.73. The molecule has 2 rings (SSSR count). The summed E-state index contributed by atoms with van der Waals surface area (Å²) in [7, 11) is 3.25. The van der Waals surface area contributed by atoms with Crippen LogP contribution in [0.3, 0.4) is 0 Å². The van der Waals surface area contributed by atoms with Crippen molar-refractivity contribution in [1.29, 1.82) is 0 Å². The summed E-state index contributed by atoms with van der Waals surface area (Å²) in [5.41, 5.74) is 1.73. The zero-order valence-electron chi connectivity index (χ0n) is 17.5. The molecule has 5 heteroatoms. The highest BCUT2D eigenvalue weighted by Gasteiger charge is 2.26. The fourth-order valence-electron chi connectivity index (χ4n) is 3.21. The topological polar surface area (TPSA) is 48.0 Å². The zero-order valence-corrected chi connectivity index (χ0v) is 17.5. The highest BCUT2D eigenvalue weighted by molar-refractivity contribution is 5.82. The van der Waals surface area contributed by atoms with E-state index in [9.17, 15) is 4.79 Å². The van der Waals surface area contributed by atoms with Crippen LogP contribution in [0.5, 0.6) is 11.5 Å². The fourth-order valence-corrected chi connectivity index (χ4v) is 3.21. The highest BCUT2D eigenvalue weighted by Crippen LogP contribution is 2.29. The molecule has 0 saturated heterocycles. The second-order valence-corrected chi connectivity index (χ2v) is 6.71. The lowest BCUT2D eigenvalue weighted by molar-refractivity contribution is -0.149. The number of nitrogens with zero attached hydrogens (tertiary/aromatic N) is 1. The van der Waals surface area contributed by atoms with E-state index >= 15 is 0 Å². The van der Waals surface area contributed by atoms with Crippen molar-refractivity contribution in [3.05, 3.63) is 59.7 Å². The molecule has 0 amide bonds. The Kier molecular flexibility index (Phi) is 8.33. The number of rotatable bonds is 10. The number of hydrogen-bond acceptors (Lipinski definition) is 5. The molecule has 0 saturated carbocycles. The van der Waals surface area contributed by atoms with E-state index in [4.69, 9.17) is 14.2 Å². The number of likely N-dealkylation sites (N-methyl/N-ethyl adjacent to an activating group) is 1. The van der Waals surface area contributed by atoms with Gasteiger partial charge in [-0.15, -0.1) is 0 Å². The Labute approximate surface area is 168 Å². The first kappa shape index (κ1) is 21.8. The smallest absolute Gasteiger partial charge is 0.318 e. The molecule has 1 unspecified atom stereocenters. The van der Waals surface area contributed by atoms with E-state index in [1.807, 2.05) is 55.5 Å². The molecule has 28 heavy (non-hydrogen) atoms. The van der Waals surface area contributed by atoms with Gasteiger partial charge in [0.2, 0.25) is 0 Å². The predicted octanol–water partition coefficient (Wildman–Crippen LogP) is 4.11. The quantitative estimate of drug-likeness (QED) is 0.576. The molecular formula is C23H31NO4. The Morgan fingerprint density at radius 3 is 1.64 bits per heavy atom. The molecule has 0 aliphatic heterocycles. The molecule has 0 spiro atoms. The van der Waals surface area contributed by atoms with Crippen LogP contribution in [-0.2, 0) is 9.53 Å². The Morgan fingerprint density at radius 1 is 0.857 bits per heavy atom. The molecule has 0 aliphatic rings. The average Bonchev–Trinajstić information content (AvgIpc) is 2.73. The van der Waals surface area contributed by atoms with Gasteiger partial charge in [0.05, 0.1) is 14.2 Å². The molecule has 2 aromatic carbocycles. The normalized spacial score (nSPS) is 12.1. The summed E-state index contributed by atoms with van der Waals surface area (Å²) in [5, 5.41) is 0. The molecule has 0 fully saturated rings. The van der Waals surface area contributed by atoms with Crippen LogP contribution < -0.4 is 9.47 Å². The summed E-state index contributed by atoms with van der Waals surface area (Å²) in [6.07, 6.45) is -0.189. The van der Waals surface area contributed by atoms with Gasteiger partial charge in [-0.25, -0.2) is 0 Å². The molecular weight excluding hydrogens is 354 g/mol. The molecule has 1 atom stereocenters. The summed E-state index contributed by atoms with van der Waals surface area (Å²) in [6.45, 7) is 8.73. The molecule has 2 aromatic rings. The first-order valence-corrected chi connectivity index (χ1v) is 9.73. The van der Waals surface area contributed by atoms with E-state index in [1.165, 1.54) is 0 Å². The lowest BCUT2D eigenvalue weighted by Crippen LogP contribution is -2.34. The van der Waals surface area contributed by atoms with Gasteiger partial charge >= 0.3 is 5.97 Å². The number of ether oxygens (including phenoxy) is 3. The third-order valence-corrected chi connectivity index (χ3v) is 4.86. The summed E-state index contributed by atoms with van der Waals surface area (Å²) in [4.78, 5) is 15.4. The van der Waals surface area contributed by atoms with Crippen LogP contribution in [0.25, 0.3) is 0 Å². The van der Waals surface area contributed by atoms with Crippen molar-refractivity contribution in [2.24, 2.45) is 0 Å². The fraction of sp³-hybridized carbons (Fsp3) is 0.435. The number of methoxy groups -OCH3 is 2. The number of carbonyl (C=O) groups is 1. The van der Waals surface area contributed by atoms with E-state index in [-0.39, 0.29) is 12.1 Å². The second-order valence-electron chi connectivity index (χ2n) is 6.71. The number of esters is 1. The Bertz CT molecular complexity index is 676. The average molecular weight is 386 g/mol. The molecule has 152 valence electrons. The van der Waals surface area contributed by atoms with Crippen LogP contribution in [0.4, 0.5) is 0 Å². The van der Waals surface area contributed by atoms with Crippen LogP contribution in [0, 0.1) is 0 Å². The summed E-state index contributed by atoms with van der Waals surface area (Å²) >= 11 is 0. The van der Waals surface area contributed by atoms with Crippen molar-refractivity contribution in [2.75, 3.05) is 33.9 Å². The van der Waals surface area contributed by atoms with E-state index in [2.05, 4.69) is 18.7 Å². The predicted molar refractivity (Wildman–Crippen MR) is 111 cm³/mol. The molecule has 0 bridgehead atoms. The maximum atomic E-state index is 13.1. The number of hydrogen-bond donors (Lipinski definition) is 0. The Hall–Kier alpha value is -2.53. The third-order valence-electron chi connectivity index (χ3n) is 4.86. The van der Waals surface area contributed by atoms with Gasteiger partial charge in [-0.2, -0.15) is 0 Å². The minimum Gasteiger partial charge on any atom is -0.497 e. The molecule has 0 aliphatic carbocycles. The van der Waals surface area contributed by atoms with Gasteiger partial charge < -0.3 is 19.1 Å². The second kappa shape index (κ2) is 10.7. The lowest BCUT2D eigenvalue weighted by Gasteiger charge is -2.25. The van der Waals surface area contributed by atoms with Crippen LogP contribution >= 0.6 is 0 Å². The minimum atomic E-state index is -0.504. The number of benzene rings is 2. The van der Waals surface area contributed by atoms with Crippen LogP contribution in [-0.4, -0.2) is 50.8 Å². The highest BCUT2D eigenvalue weighted by atomic mass is 16.5. The molecule has 0 aromatic heterocycles. The molecule has 5 nitrogen and oxygen atoms in total. The first-order chi connectivity index (χ1) is 13.5. The summed E-state index contributed by atoms with van der Waals surface area (Å²) in [6, 6.07) is 15.1. The monoisotopic (exact) mass is 385 g/mol. The van der Waals surface area contributed by atoms with Crippen molar-refractivity contribution in [1.82, 2.24) is 4.90 Å². The standard InChI is InChI=1S/C23H31NO4/c1-6-24(7-2)16-17(3)28-23(25)22(18-8-12-20(26-4)13-9-18)19-10-14-21(27-5)15-11-19/h8-15,17,22H,6-7,16H2,1-5H3. The molecule has 0 heterocycles. The van der Waals surface area contributed by atoms with Gasteiger partial charge in [0.1, 0.15) is 23.5 Å². The van der Waals surface area contributed by atoms with E-state index in [0.717, 1.165) is 42.3 Å². The summed E-state index contributed by atoms with van der Waals surface area (Å²) in [5.74, 6) is 0.743. The maximum Gasteiger partial charge on any atom is 0.318 e. The lowest BCUT2D eigenvalue weighted by atomic mass is 9.91. The van der Waals surface area contributed by atoms with Gasteiger partial charge in [-0.1, -0.05) is 38.1 Å².